The third-order valence-electron chi connectivity index (χ3n) is 3.42. The lowest BCUT2D eigenvalue weighted by atomic mass is 10.1. The van der Waals surface area contributed by atoms with E-state index in [2.05, 4.69) is 5.32 Å². The van der Waals surface area contributed by atoms with Crippen molar-refractivity contribution >= 4 is 11.9 Å². The van der Waals surface area contributed by atoms with Crippen LogP contribution in [0.5, 0.6) is 0 Å². The number of hydrogen-bond donors (Lipinski definition) is 1. The summed E-state index contributed by atoms with van der Waals surface area (Å²) in [5.74, 6) is -0.854. The number of nitrogens with one attached hydrogen (secondary N) is 1. The van der Waals surface area contributed by atoms with E-state index in [0.717, 1.165) is 11.1 Å². The van der Waals surface area contributed by atoms with Crippen molar-refractivity contribution in [1.29, 1.82) is 5.26 Å². The zero-order valence-electron chi connectivity index (χ0n) is 13.6. The number of hydrogen-bond acceptors (Lipinski definition) is 4. The maximum atomic E-state index is 12.1. The topological polar surface area (TPSA) is 79.2 Å². The van der Waals surface area contributed by atoms with Crippen molar-refractivity contribution in [3.05, 3.63) is 70.8 Å². The van der Waals surface area contributed by atoms with Crippen LogP contribution < -0.4 is 5.32 Å². The highest BCUT2D eigenvalue weighted by molar-refractivity contribution is 5.96. The van der Waals surface area contributed by atoms with E-state index in [1.165, 1.54) is 0 Å². The van der Waals surface area contributed by atoms with Crippen LogP contribution in [0.15, 0.2) is 48.5 Å². The largest absolute Gasteiger partial charge is 0.459 e. The Hall–Kier alpha value is -3.13. The number of aryl methyl sites for hydroxylation is 1. The van der Waals surface area contributed by atoms with Gasteiger partial charge in [-0.1, -0.05) is 29.8 Å². The van der Waals surface area contributed by atoms with Crippen LogP contribution in [0.25, 0.3) is 0 Å². The van der Waals surface area contributed by atoms with Gasteiger partial charge in [0.05, 0.1) is 11.6 Å². The minimum Gasteiger partial charge on any atom is -0.459 e. The number of benzene rings is 2. The second-order valence-electron chi connectivity index (χ2n) is 5.48. The van der Waals surface area contributed by atoms with Crippen molar-refractivity contribution in [2.45, 2.75) is 26.5 Å². The Morgan fingerprint density at radius 1 is 1.21 bits per heavy atom. The molecule has 0 aromatic heterocycles. The third kappa shape index (κ3) is 4.68. The second kappa shape index (κ2) is 7.93. The Morgan fingerprint density at radius 2 is 1.96 bits per heavy atom. The van der Waals surface area contributed by atoms with Crippen LogP contribution in [0.2, 0.25) is 0 Å². The van der Waals surface area contributed by atoms with Crippen LogP contribution in [0.4, 0.5) is 0 Å². The van der Waals surface area contributed by atoms with Crippen molar-refractivity contribution in [1.82, 2.24) is 5.32 Å². The fourth-order valence-corrected chi connectivity index (χ4v) is 2.14. The van der Waals surface area contributed by atoms with Crippen molar-refractivity contribution in [2.24, 2.45) is 0 Å². The third-order valence-corrected chi connectivity index (χ3v) is 3.42. The molecule has 5 nitrogen and oxygen atoms in total. The average molecular weight is 322 g/mol. The number of nitrogens with zero attached hydrogens (tertiary/aromatic N) is 1. The van der Waals surface area contributed by atoms with E-state index in [-0.39, 0.29) is 12.5 Å². The van der Waals surface area contributed by atoms with Gasteiger partial charge in [0.25, 0.3) is 5.91 Å². The molecule has 0 aliphatic heterocycles. The minimum absolute atomic E-state index is 0.0546. The SMILES string of the molecule is Cc1cccc(C(=O)N[C@H](C)C(=O)OCc2cccc(C#N)c2)c1. The highest BCUT2D eigenvalue weighted by atomic mass is 16.5. The van der Waals surface area contributed by atoms with E-state index in [9.17, 15) is 9.59 Å². The second-order valence-corrected chi connectivity index (χ2v) is 5.48. The summed E-state index contributed by atoms with van der Waals surface area (Å²) >= 11 is 0. The molecule has 0 fully saturated rings. The Bertz CT molecular complexity index is 793. The van der Waals surface area contributed by atoms with E-state index < -0.39 is 12.0 Å². The zero-order valence-corrected chi connectivity index (χ0v) is 13.6. The first-order chi connectivity index (χ1) is 11.5. The predicted octanol–water partition coefficient (Wildman–Crippen LogP) is 2.73. The number of rotatable bonds is 5. The van der Waals surface area contributed by atoms with E-state index in [0.29, 0.717) is 11.1 Å². The highest BCUT2D eigenvalue weighted by Crippen LogP contribution is 2.07. The van der Waals surface area contributed by atoms with Crippen LogP contribution in [-0.2, 0) is 16.1 Å². The van der Waals surface area contributed by atoms with E-state index in [1.54, 1.807) is 49.4 Å². The molecule has 0 bridgehead atoms. The highest BCUT2D eigenvalue weighted by Gasteiger charge is 2.18. The molecule has 2 aromatic carbocycles. The molecule has 2 rings (SSSR count). The fraction of sp³-hybridized carbons (Fsp3) is 0.211. The molecule has 2 aromatic rings. The molecule has 0 aliphatic rings. The Labute approximate surface area is 140 Å². The lowest BCUT2D eigenvalue weighted by molar-refractivity contribution is -0.146. The molecule has 1 N–H and O–H groups in total. The van der Waals surface area contributed by atoms with Crippen molar-refractivity contribution in [3.8, 4) is 6.07 Å². The minimum atomic E-state index is -0.767. The van der Waals surface area contributed by atoms with Gasteiger partial charge < -0.3 is 10.1 Å². The van der Waals surface area contributed by atoms with Gasteiger partial charge in [-0.25, -0.2) is 4.79 Å². The molecular weight excluding hydrogens is 304 g/mol. The van der Waals surface area contributed by atoms with Gasteiger partial charge in [-0.3, -0.25) is 4.79 Å². The molecule has 5 heteroatoms. The summed E-state index contributed by atoms with van der Waals surface area (Å²) in [4.78, 5) is 24.1. The summed E-state index contributed by atoms with van der Waals surface area (Å²) < 4.78 is 5.19. The van der Waals surface area contributed by atoms with Gasteiger partial charge in [0.15, 0.2) is 0 Å². The van der Waals surface area contributed by atoms with Gasteiger partial charge in [-0.05, 0) is 43.7 Å². The monoisotopic (exact) mass is 322 g/mol. The molecule has 122 valence electrons. The Morgan fingerprint density at radius 3 is 2.67 bits per heavy atom. The number of carbonyl (C=O) groups excluding carboxylic acids is 2. The summed E-state index contributed by atoms with van der Waals surface area (Å²) in [6.07, 6.45) is 0. The van der Waals surface area contributed by atoms with E-state index in [1.807, 2.05) is 19.1 Å². The van der Waals surface area contributed by atoms with Crippen molar-refractivity contribution < 1.29 is 14.3 Å². The molecule has 0 heterocycles. The number of carbonyl (C=O) groups is 2. The molecule has 0 radical (unpaired) electrons. The van der Waals surface area contributed by atoms with Crippen LogP contribution in [0, 0.1) is 18.3 Å². The van der Waals surface area contributed by atoms with E-state index >= 15 is 0 Å². The Kier molecular flexibility index (Phi) is 5.69. The predicted molar refractivity (Wildman–Crippen MR) is 89.1 cm³/mol. The first kappa shape index (κ1) is 17.2. The molecule has 0 saturated heterocycles. The first-order valence-electron chi connectivity index (χ1n) is 7.53. The number of amides is 1. The van der Waals surface area contributed by atoms with Crippen LogP contribution >= 0.6 is 0 Å². The quantitative estimate of drug-likeness (QED) is 0.858. The zero-order chi connectivity index (χ0) is 17.5. The lowest BCUT2D eigenvalue weighted by Gasteiger charge is -2.14. The smallest absolute Gasteiger partial charge is 0.328 e. The van der Waals surface area contributed by atoms with Gasteiger partial charge in [0, 0.05) is 5.56 Å². The van der Waals surface area contributed by atoms with Gasteiger partial charge >= 0.3 is 5.97 Å². The molecule has 1 atom stereocenters. The van der Waals surface area contributed by atoms with Crippen LogP contribution in [0.1, 0.15) is 34.0 Å². The summed E-state index contributed by atoms with van der Waals surface area (Å²) in [7, 11) is 0. The van der Waals surface area contributed by atoms with Crippen molar-refractivity contribution in [3.63, 3.8) is 0 Å². The summed E-state index contributed by atoms with van der Waals surface area (Å²) in [6.45, 7) is 3.52. The molecule has 0 unspecified atom stereocenters. The summed E-state index contributed by atoms with van der Waals surface area (Å²) in [5.41, 5.74) is 2.69. The average Bonchev–Trinajstić information content (AvgIpc) is 2.59. The molecule has 24 heavy (non-hydrogen) atoms. The van der Waals surface area contributed by atoms with Gasteiger partial charge in [-0.15, -0.1) is 0 Å². The number of ether oxygens (including phenoxy) is 1. The Balaban J connectivity index is 1.90. The molecule has 1 amide bonds. The van der Waals surface area contributed by atoms with Crippen molar-refractivity contribution in [2.75, 3.05) is 0 Å². The van der Waals surface area contributed by atoms with Crippen LogP contribution in [-0.4, -0.2) is 17.9 Å². The maximum Gasteiger partial charge on any atom is 0.328 e. The molecule has 0 aliphatic carbocycles. The summed E-state index contributed by atoms with van der Waals surface area (Å²) in [6, 6.07) is 15.2. The summed E-state index contributed by atoms with van der Waals surface area (Å²) in [5, 5.41) is 11.5. The fourth-order valence-electron chi connectivity index (χ4n) is 2.14. The van der Waals surface area contributed by atoms with Gasteiger partial charge in [0.1, 0.15) is 12.6 Å². The first-order valence-corrected chi connectivity index (χ1v) is 7.53. The normalized spacial score (nSPS) is 11.2. The maximum absolute atomic E-state index is 12.1. The number of esters is 1. The van der Waals surface area contributed by atoms with Gasteiger partial charge in [-0.2, -0.15) is 5.26 Å². The lowest BCUT2D eigenvalue weighted by Crippen LogP contribution is -2.39. The van der Waals surface area contributed by atoms with E-state index in [4.69, 9.17) is 10.00 Å². The van der Waals surface area contributed by atoms with Gasteiger partial charge in [0.2, 0.25) is 0 Å². The molecule has 0 saturated carbocycles. The standard InChI is InChI=1S/C19H18N2O3/c1-13-5-3-8-17(9-13)18(22)21-14(2)19(23)24-12-16-7-4-6-15(10-16)11-20/h3-10,14H,12H2,1-2H3,(H,21,22)/t14-/m1/s1. The number of nitriles is 1. The molecule has 0 spiro atoms. The molecular formula is C19H18N2O3. The van der Waals surface area contributed by atoms with Crippen LogP contribution in [0.3, 0.4) is 0 Å².